The average molecular weight is 410 g/mol. The Morgan fingerprint density at radius 2 is 1.70 bits per heavy atom. The number of carboxylic acids is 1. The van der Waals surface area contributed by atoms with E-state index < -0.39 is 12.6 Å². The first-order chi connectivity index (χ1) is 14.3. The number of aliphatic carboxylic acids is 1. The molecule has 0 aliphatic heterocycles. The maximum absolute atomic E-state index is 14.8. The Kier molecular flexibility index (Phi) is 6.50. The van der Waals surface area contributed by atoms with Crippen LogP contribution in [0.2, 0.25) is 0 Å². The fourth-order valence-electron chi connectivity index (χ4n) is 3.67. The molecule has 0 radical (unpaired) electrons. The lowest BCUT2D eigenvalue weighted by atomic mass is 9.93. The summed E-state index contributed by atoms with van der Waals surface area (Å²) in [5.41, 5.74) is 5.45. The van der Waals surface area contributed by atoms with Crippen LogP contribution in [-0.4, -0.2) is 17.7 Å². The minimum absolute atomic E-state index is 0.260. The van der Waals surface area contributed by atoms with Gasteiger partial charge in [0.1, 0.15) is 17.4 Å². The van der Waals surface area contributed by atoms with Crippen LogP contribution in [0.1, 0.15) is 27.8 Å². The van der Waals surface area contributed by atoms with E-state index >= 15 is 0 Å². The Balaban J connectivity index is 1.89. The van der Waals surface area contributed by atoms with E-state index in [-0.39, 0.29) is 11.6 Å². The molecule has 0 aliphatic carbocycles. The Hall–Kier alpha value is -3.21. The summed E-state index contributed by atoms with van der Waals surface area (Å²) in [6, 6.07) is 13.4. The summed E-state index contributed by atoms with van der Waals surface area (Å²) in [5.74, 6) is -1.12. The van der Waals surface area contributed by atoms with Gasteiger partial charge in [-0.1, -0.05) is 18.2 Å². The highest BCUT2D eigenvalue weighted by Crippen LogP contribution is 2.29. The van der Waals surface area contributed by atoms with Crippen molar-refractivity contribution in [3.63, 3.8) is 0 Å². The van der Waals surface area contributed by atoms with Crippen LogP contribution in [0.3, 0.4) is 0 Å². The van der Waals surface area contributed by atoms with Crippen LogP contribution in [0.5, 0.6) is 5.75 Å². The number of ether oxygens (including phenoxy) is 1. The van der Waals surface area contributed by atoms with Crippen molar-refractivity contribution >= 4 is 5.97 Å². The third kappa shape index (κ3) is 4.85. The summed E-state index contributed by atoms with van der Waals surface area (Å²) in [5, 5.41) is 8.85. The predicted octanol–water partition coefficient (Wildman–Crippen LogP) is 5.81. The quantitative estimate of drug-likeness (QED) is 0.535. The maximum Gasteiger partial charge on any atom is 0.341 e. The SMILES string of the molecule is Cc1cc(-c2cccc(F)c2)cc(CCc2c(C)ccc(OCC(=O)O)c2C)c1F. The monoisotopic (exact) mass is 410 g/mol. The molecule has 3 aromatic rings. The summed E-state index contributed by atoms with van der Waals surface area (Å²) in [4.78, 5) is 10.8. The van der Waals surface area contributed by atoms with Crippen LogP contribution in [0.4, 0.5) is 8.78 Å². The number of aryl methyl sites for hydroxylation is 3. The van der Waals surface area contributed by atoms with Crippen LogP contribution >= 0.6 is 0 Å². The highest BCUT2D eigenvalue weighted by molar-refractivity contribution is 5.68. The topological polar surface area (TPSA) is 46.5 Å². The Morgan fingerprint density at radius 3 is 2.40 bits per heavy atom. The van der Waals surface area contributed by atoms with E-state index in [4.69, 9.17) is 9.84 Å². The fraction of sp³-hybridized carbons (Fsp3) is 0.240. The molecule has 3 rings (SSSR count). The summed E-state index contributed by atoms with van der Waals surface area (Å²) in [6.45, 7) is 5.14. The molecule has 0 heterocycles. The van der Waals surface area contributed by atoms with Gasteiger partial charge in [-0.05, 0) is 103 Å². The first-order valence-corrected chi connectivity index (χ1v) is 9.75. The lowest BCUT2D eigenvalue weighted by molar-refractivity contribution is -0.139. The van der Waals surface area contributed by atoms with Crippen LogP contribution < -0.4 is 4.74 Å². The molecular weight excluding hydrogens is 386 g/mol. The molecule has 0 spiro atoms. The summed E-state index contributed by atoms with van der Waals surface area (Å²) < 4.78 is 33.8. The number of benzene rings is 3. The van der Waals surface area contributed by atoms with Crippen molar-refractivity contribution in [2.45, 2.75) is 33.6 Å². The van der Waals surface area contributed by atoms with Crippen LogP contribution in [0.25, 0.3) is 11.1 Å². The van der Waals surface area contributed by atoms with Gasteiger partial charge in [0.25, 0.3) is 0 Å². The van der Waals surface area contributed by atoms with Crippen molar-refractivity contribution in [1.82, 2.24) is 0 Å². The Morgan fingerprint density at radius 1 is 0.933 bits per heavy atom. The molecule has 0 aliphatic rings. The van der Waals surface area contributed by atoms with Gasteiger partial charge in [-0.3, -0.25) is 0 Å². The van der Waals surface area contributed by atoms with Gasteiger partial charge >= 0.3 is 5.97 Å². The standard InChI is InChI=1S/C25H24F2O3/c1-15-7-10-23(30-14-24(28)29)17(3)22(15)9-8-19-12-20(11-16(2)25(19)27)18-5-4-6-21(26)13-18/h4-7,10-13H,8-9,14H2,1-3H3,(H,28,29). The third-order valence-electron chi connectivity index (χ3n) is 5.27. The lowest BCUT2D eigenvalue weighted by Gasteiger charge is -2.16. The van der Waals surface area contributed by atoms with E-state index in [9.17, 15) is 13.6 Å². The van der Waals surface area contributed by atoms with Crippen LogP contribution in [0, 0.1) is 32.4 Å². The summed E-state index contributed by atoms with van der Waals surface area (Å²) in [7, 11) is 0. The molecule has 0 bridgehead atoms. The van der Waals surface area contributed by atoms with Gasteiger partial charge in [0.2, 0.25) is 0 Å². The van der Waals surface area contributed by atoms with Gasteiger partial charge in [0, 0.05) is 0 Å². The first kappa shape index (κ1) is 21.5. The molecule has 0 saturated carbocycles. The smallest absolute Gasteiger partial charge is 0.341 e. The molecule has 0 aromatic heterocycles. The zero-order valence-electron chi connectivity index (χ0n) is 17.3. The van der Waals surface area contributed by atoms with E-state index in [0.29, 0.717) is 35.3 Å². The van der Waals surface area contributed by atoms with Crippen molar-refractivity contribution in [2.24, 2.45) is 0 Å². The second kappa shape index (κ2) is 9.08. The molecule has 0 unspecified atom stereocenters. The molecule has 30 heavy (non-hydrogen) atoms. The minimum atomic E-state index is -1.04. The van der Waals surface area contributed by atoms with Gasteiger partial charge in [-0.25, -0.2) is 13.6 Å². The predicted molar refractivity (Wildman–Crippen MR) is 113 cm³/mol. The first-order valence-electron chi connectivity index (χ1n) is 9.75. The zero-order chi connectivity index (χ0) is 21.8. The largest absolute Gasteiger partial charge is 0.482 e. The van der Waals surface area contributed by atoms with E-state index in [1.807, 2.05) is 19.9 Å². The number of carboxylic acid groups (broad SMARTS) is 1. The molecule has 0 amide bonds. The number of hydrogen-bond donors (Lipinski definition) is 1. The molecule has 0 atom stereocenters. The highest BCUT2D eigenvalue weighted by atomic mass is 19.1. The normalized spacial score (nSPS) is 10.8. The molecule has 3 nitrogen and oxygen atoms in total. The Bertz CT molecular complexity index is 1090. The number of carbonyl (C=O) groups is 1. The molecule has 3 aromatic carbocycles. The van der Waals surface area contributed by atoms with Gasteiger partial charge in [-0.15, -0.1) is 0 Å². The second-order valence-corrected chi connectivity index (χ2v) is 7.44. The van der Waals surface area contributed by atoms with Crippen molar-refractivity contribution in [1.29, 1.82) is 0 Å². The number of rotatable bonds is 7. The number of hydrogen-bond acceptors (Lipinski definition) is 2. The van der Waals surface area contributed by atoms with Crippen molar-refractivity contribution in [3.05, 3.63) is 88.0 Å². The van der Waals surface area contributed by atoms with E-state index in [0.717, 1.165) is 22.3 Å². The molecule has 0 fully saturated rings. The summed E-state index contributed by atoms with van der Waals surface area (Å²) in [6.07, 6.45) is 1.03. The summed E-state index contributed by atoms with van der Waals surface area (Å²) >= 11 is 0. The fourth-order valence-corrected chi connectivity index (χ4v) is 3.67. The Labute approximate surface area is 175 Å². The molecule has 1 N–H and O–H groups in total. The minimum Gasteiger partial charge on any atom is -0.482 e. The van der Waals surface area contributed by atoms with Crippen molar-refractivity contribution < 1.29 is 23.4 Å². The van der Waals surface area contributed by atoms with Gasteiger partial charge in [0.05, 0.1) is 0 Å². The highest BCUT2D eigenvalue weighted by Gasteiger charge is 2.14. The van der Waals surface area contributed by atoms with E-state index in [1.54, 1.807) is 37.3 Å². The van der Waals surface area contributed by atoms with Crippen LogP contribution in [-0.2, 0) is 17.6 Å². The lowest BCUT2D eigenvalue weighted by Crippen LogP contribution is -2.11. The molecule has 156 valence electrons. The van der Waals surface area contributed by atoms with Crippen molar-refractivity contribution in [3.8, 4) is 16.9 Å². The second-order valence-electron chi connectivity index (χ2n) is 7.44. The van der Waals surface area contributed by atoms with E-state index in [1.165, 1.54) is 12.1 Å². The van der Waals surface area contributed by atoms with E-state index in [2.05, 4.69) is 0 Å². The zero-order valence-corrected chi connectivity index (χ0v) is 17.3. The number of halogens is 2. The van der Waals surface area contributed by atoms with Crippen LogP contribution in [0.15, 0.2) is 48.5 Å². The van der Waals surface area contributed by atoms with Crippen molar-refractivity contribution in [2.75, 3.05) is 6.61 Å². The molecule has 5 heteroatoms. The molecular formula is C25H24F2O3. The van der Waals surface area contributed by atoms with Gasteiger partial charge < -0.3 is 9.84 Å². The van der Waals surface area contributed by atoms with Gasteiger partial charge in [-0.2, -0.15) is 0 Å². The molecule has 0 saturated heterocycles. The van der Waals surface area contributed by atoms with Gasteiger partial charge in [0.15, 0.2) is 6.61 Å². The average Bonchev–Trinajstić information content (AvgIpc) is 2.70. The maximum atomic E-state index is 14.8. The third-order valence-corrected chi connectivity index (χ3v) is 5.27.